The smallest absolute Gasteiger partial charge is 0.305 e. The van der Waals surface area contributed by atoms with Gasteiger partial charge in [-0.1, -0.05) is 6.07 Å². The Morgan fingerprint density at radius 2 is 2.05 bits per heavy atom. The third kappa shape index (κ3) is 3.48. The monoisotopic (exact) mass is 304 g/mol. The Kier molecular flexibility index (Phi) is 4.52. The van der Waals surface area contributed by atoms with E-state index in [9.17, 15) is 19.7 Å². The van der Waals surface area contributed by atoms with Crippen LogP contribution in [0.25, 0.3) is 0 Å². The fourth-order valence-corrected chi connectivity index (χ4v) is 1.86. The number of carbonyl (C=O) groups is 2. The molecule has 0 bridgehead atoms. The minimum Gasteiger partial charge on any atom is -0.481 e. The molecular formula is C14H12N2O6. The van der Waals surface area contributed by atoms with Crippen molar-refractivity contribution in [2.75, 3.05) is 11.4 Å². The fourth-order valence-electron chi connectivity index (χ4n) is 1.86. The van der Waals surface area contributed by atoms with Crippen molar-refractivity contribution < 1.29 is 24.0 Å². The lowest BCUT2D eigenvalue weighted by Crippen LogP contribution is -2.32. The largest absolute Gasteiger partial charge is 0.481 e. The summed E-state index contributed by atoms with van der Waals surface area (Å²) in [5.74, 6) is -1.62. The highest BCUT2D eigenvalue weighted by atomic mass is 16.6. The number of nitro groups is 1. The number of rotatable bonds is 6. The highest BCUT2D eigenvalue weighted by Gasteiger charge is 2.22. The molecule has 0 aliphatic carbocycles. The van der Waals surface area contributed by atoms with E-state index in [1.54, 1.807) is 0 Å². The summed E-state index contributed by atoms with van der Waals surface area (Å²) in [7, 11) is 0. The zero-order chi connectivity index (χ0) is 16.1. The first-order valence-electron chi connectivity index (χ1n) is 6.30. The van der Waals surface area contributed by atoms with Gasteiger partial charge in [0.05, 0.1) is 23.3 Å². The highest BCUT2D eigenvalue weighted by molar-refractivity contribution is 6.04. The van der Waals surface area contributed by atoms with Crippen LogP contribution in [0.15, 0.2) is 47.1 Å². The first-order chi connectivity index (χ1) is 10.5. The van der Waals surface area contributed by atoms with Gasteiger partial charge in [-0.25, -0.2) is 0 Å². The lowest BCUT2D eigenvalue weighted by atomic mass is 10.2. The quantitative estimate of drug-likeness (QED) is 0.647. The molecule has 1 amide bonds. The van der Waals surface area contributed by atoms with Gasteiger partial charge in [0.1, 0.15) is 0 Å². The Balaban J connectivity index is 2.35. The second-order valence-corrected chi connectivity index (χ2v) is 4.35. The Morgan fingerprint density at radius 3 is 2.64 bits per heavy atom. The highest BCUT2D eigenvalue weighted by Crippen LogP contribution is 2.23. The van der Waals surface area contributed by atoms with E-state index in [-0.39, 0.29) is 30.1 Å². The van der Waals surface area contributed by atoms with Crippen molar-refractivity contribution in [1.29, 1.82) is 0 Å². The summed E-state index contributed by atoms with van der Waals surface area (Å²) in [5.41, 5.74) is 0.0434. The van der Waals surface area contributed by atoms with Crippen LogP contribution in [0.3, 0.4) is 0 Å². The van der Waals surface area contributed by atoms with E-state index >= 15 is 0 Å². The van der Waals surface area contributed by atoms with Crippen LogP contribution in [0.5, 0.6) is 0 Å². The van der Waals surface area contributed by atoms with E-state index < -0.39 is 16.8 Å². The Morgan fingerprint density at radius 1 is 1.27 bits per heavy atom. The molecule has 8 nitrogen and oxygen atoms in total. The normalized spacial score (nSPS) is 10.2. The molecule has 0 spiro atoms. The average Bonchev–Trinajstić information content (AvgIpc) is 3.01. The van der Waals surface area contributed by atoms with Gasteiger partial charge in [0, 0.05) is 18.7 Å². The molecule has 0 atom stereocenters. The number of aliphatic carboxylic acids is 1. The van der Waals surface area contributed by atoms with Crippen LogP contribution in [-0.4, -0.2) is 28.5 Å². The molecule has 0 radical (unpaired) electrons. The lowest BCUT2D eigenvalue weighted by Gasteiger charge is -2.20. The summed E-state index contributed by atoms with van der Waals surface area (Å²) >= 11 is 0. The molecule has 1 aromatic carbocycles. The van der Waals surface area contributed by atoms with Gasteiger partial charge in [-0.05, 0) is 18.2 Å². The Labute approximate surface area is 124 Å². The topological polar surface area (TPSA) is 114 Å². The molecular weight excluding hydrogens is 292 g/mol. The zero-order valence-corrected chi connectivity index (χ0v) is 11.3. The SMILES string of the molecule is O=C(O)CCN(C(=O)c1ccco1)c1cccc([N+](=O)[O-])c1. The van der Waals surface area contributed by atoms with Crippen LogP contribution in [0.2, 0.25) is 0 Å². The number of carboxylic acids is 1. The molecule has 2 rings (SSSR count). The lowest BCUT2D eigenvalue weighted by molar-refractivity contribution is -0.384. The van der Waals surface area contributed by atoms with Gasteiger partial charge in [0.2, 0.25) is 0 Å². The van der Waals surface area contributed by atoms with Gasteiger partial charge >= 0.3 is 5.97 Å². The summed E-state index contributed by atoms with van der Waals surface area (Å²) in [6, 6.07) is 8.38. The molecule has 8 heteroatoms. The molecule has 2 aromatic rings. The number of furan rings is 1. The van der Waals surface area contributed by atoms with Crippen molar-refractivity contribution in [2.45, 2.75) is 6.42 Å². The molecule has 22 heavy (non-hydrogen) atoms. The average molecular weight is 304 g/mol. The number of amides is 1. The van der Waals surface area contributed by atoms with E-state index in [1.165, 1.54) is 42.7 Å². The first kappa shape index (κ1) is 15.2. The van der Waals surface area contributed by atoms with Crippen molar-refractivity contribution >= 4 is 23.3 Å². The van der Waals surface area contributed by atoms with Gasteiger partial charge in [-0.15, -0.1) is 0 Å². The predicted octanol–water partition coefficient (Wildman–Crippen LogP) is 2.31. The van der Waals surface area contributed by atoms with Gasteiger partial charge in [0.25, 0.3) is 11.6 Å². The number of anilines is 1. The molecule has 0 fully saturated rings. The molecule has 0 aliphatic heterocycles. The Bertz CT molecular complexity index is 695. The van der Waals surface area contributed by atoms with Crippen molar-refractivity contribution in [3.05, 3.63) is 58.5 Å². The van der Waals surface area contributed by atoms with E-state index in [1.807, 2.05) is 0 Å². The van der Waals surface area contributed by atoms with Crippen LogP contribution in [0.4, 0.5) is 11.4 Å². The molecule has 0 unspecified atom stereocenters. The second kappa shape index (κ2) is 6.53. The maximum Gasteiger partial charge on any atom is 0.305 e. The van der Waals surface area contributed by atoms with E-state index in [0.29, 0.717) is 0 Å². The number of carboxylic acid groups (broad SMARTS) is 1. The van der Waals surface area contributed by atoms with Gasteiger partial charge < -0.3 is 14.4 Å². The van der Waals surface area contributed by atoms with Crippen molar-refractivity contribution in [2.24, 2.45) is 0 Å². The first-order valence-corrected chi connectivity index (χ1v) is 6.30. The summed E-state index contributed by atoms with van der Waals surface area (Å²) in [5, 5.41) is 19.6. The summed E-state index contributed by atoms with van der Waals surface area (Å²) in [6.07, 6.45) is 1.02. The fraction of sp³-hybridized carbons (Fsp3) is 0.143. The van der Waals surface area contributed by atoms with E-state index in [4.69, 9.17) is 9.52 Å². The second-order valence-electron chi connectivity index (χ2n) is 4.35. The number of nitro benzene ring substituents is 1. The molecule has 0 aliphatic rings. The molecule has 114 valence electrons. The predicted molar refractivity (Wildman–Crippen MR) is 75.7 cm³/mol. The Hall–Kier alpha value is -3.16. The van der Waals surface area contributed by atoms with Crippen LogP contribution < -0.4 is 4.90 Å². The maximum absolute atomic E-state index is 12.4. The third-order valence-corrected chi connectivity index (χ3v) is 2.88. The third-order valence-electron chi connectivity index (χ3n) is 2.88. The van der Waals surface area contributed by atoms with Crippen molar-refractivity contribution in [3.8, 4) is 0 Å². The number of hydrogen-bond acceptors (Lipinski definition) is 5. The molecule has 1 N–H and O–H groups in total. The number of carbonyl (C=O) groups excluding carboxylic acids is 1. The van der Waals surface area contributed by atoms with E-state index in [0.717, 1.165) is 4.90 Å². The van der Waals surface area contributed by atoms with Crippen molar-refractivity contribution in [3.63, 3.8) is 0 Å². The molecule has 1 heterocycles. The summed E-state index contributed by atoms with van der Waals surface area (Å²) in [4.78, 5) is 34.5. The van der Waals surface area contributed by atoms with Gasteiger partial charge in [-0.2, -0.15) is 0 Å². The van der Waals surface area contributed by atoms with Crippen LogP contribution in [0, 0.1) is 10.1 Å². The van der Waals surface area contributed by atoms with Crippen LogP contribution >= 0.6 is 0 Å². The maximum atomic E-state index is 12.4. The zero-order valence-electron chi connectivity index (χ0n) is 11.3. The summed E-state index contributed by atoms with van der Waals surface area (Å²) < 4.78 is 5.01. The number of non-ortho nitro benzene ring substituents is 1. The number of hydrogen-bond donors (Lipinski definition) is 1. The number of benzene rings is 1. The minimum atomic E-state index is -1.08. The minimum absolute atomic E-state index is 0.0249. The number of nitrogens with zero attached hydrogens (tertiary/aromatic N) is 2. The van der Waals surface area contributed by atoms with Gasteiger partial charge in [-0.3, -0.25) is 19.7 Å². The molecule has 0 saturated heterocycles. The standard InChI is InChI=1S/C14H12N2O6/c17-13(18)6-7-15(14(19)12-5-2-8-22-12)10-3-1-4-11(9-10)16(20)21/h1-5,8-9H,6-7H2,(H,17,18). The molecule has 0 saturated carbocycles. The van der Waals surface area contributed by atoms with Gasteiger partial charge in [0.15, 0.2) is 5.76 Å². The van der Waals surface area contributed by atoms with Crippen LogP contribution in [-0.2, 0) is 4.79 Å². The van der Waals surface area contributed by atoms with Crippen molar-refractivity contribution in [1.82, 2.24) is 0 Å². The summed E-state index contributed by atoms with van der Waals surface area (Å²) in [6.45, 7) is -0.129. The van der Waals surface area contributed by atoms with Crippen LogP contribution in [0.1, 0.15) is 17.0 Å². The molecule has 1 aromatic heterocycles. The van der Waals surface area contributed by atoms with E-state index in [2.05, 4.69) is 0 Å².